The van der Waals surface area contributed by atoms with Crippen molar-refractivity contribution in [2.45, 2.75) is 20.3 Å². The molecule has 1 amide bonds. The van der Waals surface area contributed by atoms with E-state index in [0.717, 1.165) is 11.5 Å². The van der Waals surface area contributed by atoms with Gasteiger partial charge >= 0.3 is 5.97 Å². The van der Waals surface area contributed by atoms with Crippen LogP contribution >= 0.6 is 0 Å². The molecule has 0 spiro atoms. The van der Waals surface area contributed by atoms with Gasteiger partial charge in [0.05, 0.1) is 0 Å². The first-order chi connectivity index (χ1) is 7.50. The standard InChI is InChI=1S/C11H15NO4/c1-7-3-4-9(16-7)5-6-12-10(13)8(2)11(14)15/h3-4,8H,5-6H2,1-2H3,(H,12,13)(H,14,15). The average molecular weight is 225 g/mol. The van der Waals surface area contributed by atoms with E-state index in [-0.39, 0.29) is 0 Å². The largest absolute Gasteiger partial charge is 0.481 e. The zero-order chi connectivity index (χ0) is 12.1. The number of hydrogen-bond acceptors (Lipinski definition) is 3. The van der Waals surface area contributed by atoms with Crippen LogP contribution in [-0.4, -0.2) is 23.5 Å². The Morgan fingerprint density at radius 2 is 2.19 bits per heavy atom. The lowest BCUT2D eigenvalue weighted by Crippen LogP contribution is -2.34. The van der Waals surface area contributed by atoms with Crippen LogP contribution in [0.3, 0.4) is 0 Å². The number of aryl methyl sites for hydroxylation is 1. The minimum atomic E-state index is -1.12. The van der Waals surface area contributed by atoms with Crippen LogP contribution in [0.2, 0.25) is 0 Å². The molecule has 0 radical (unpaired) electrons. The fraction of sp³-hybridized carbons (Fsp3) is 0.455. The molecule has 0 saturated heterocycles. The Morgan fingerprint density at radius 3 is 2.69 bits per heavy atom. The zero-order valence-electron chi connectivity index (χ0n) is 9.32. The molecule has 1 aromatic heterocycles. The number of rotatable bonds is 5. The number of aliphatic carboxylic acids is 1. The highest BCUT2D eigenvalue weighted by molar-refractivity contribution is 5.96. The quantitative estimate of drug-likeness (QED) is 0.732. The topological polar surface area (TPSA) is 79.5 Å². The molecule has 0 fully saturated rings. The summed E-state index contributed by atoms with van der Waals surface area (Å²) in [5.74, 6) is -1.01. The molecule has 0 bridgehead atoms. The van der Waals surface area contributed by atoms with Crippen LogP contribution in [0.15, 0.2) is 16.5 Å². The molecule has 16 heavy (non-hydrogen) atoms. The van der Waals surface area contributed by atoms with E-state index in [2.05, 4.69) is 5.32 Å². The lowest BCUT2D eigenvalue weighted by Gasteiger charge is -2.06. The summed E-state index contributed by atoms with van der Waals surface area (Å²) < 4.78 is 5.31. The fourth-order valence-corrected chi connectivity index (χ4v) is 1.19. The predicted molar refractivity (Wildman–Crippen MR) is 57.0 cm³/mol. The fourth-order valence-electron chi connectivity index (χ4n) is 1.19. The van der Waals surface area contributed by atoms with Gasteiger partial charge in [-0.05, 0) is 26.0 Å². The highest BCUT2D eigenvalue weighted by atomic mass is 16.4. The third-order valence-electron chi connectivity index (χ3n) is 2.23. The summed E-state index contributed by atoms with van der Waals surface area (Å²) in [6, 6.07) is 3.68. The summed E-state index contributed by atoms with van der Waals surface area (Å²) in [6.45, 7) is 3.58. The second kappa shape index (κ2) is 5.34. The summed E-state index contributed by atoms with van der Waals surface area (Å²) in [4.78, 5) is 21.8. The Kier molecular flexibility index (Phi) is 4.10. The van der Waals surface area contributed by atoms with Gasteiger partial charge in [-0.1, -0.05) is 0 Å². The second-order valence-corrected chi connectivity index (χ2v) is 3.61. The van der Waals surface area contributed by atoms with Crippen molar-refractivity contribution < 1.29 is 19.1 Å². The normalized spacial score (nSPS) is 12.1. The lowest BCUT2D eigenvalue weighted by molar-refractivity contribution is -0.146. The Bertz CT molecular complexity index is 383. The zero-order valence-corrected chi connectivity index (χ0v) is 9.32. The number of hydrogen-bond donors (Lipinski definition) is 2. The number of carbonyl (C=O) groups excluding carboxylic acids is 1. The number of carbonyl (C=O) groups is 2. The van der Waals surface area contributed by atoms with Gasteiger partial charge in [0.1, 0.15) is 17.4 Å². The van der Waals surface area contributed by atoms with Crippen molar-refractivity contribution in [1.29, 1.82) is 0 Å². The van der Waals surface area contributed by atoms with Gasteiger partial charge in [-0.3, -0.25) is 9.59 Å². The molecule has 1 atom stereocenters. The van der Waals surface area contributed by atoms with Crippen molar-refractivity contribution in [3.63, 3.8) is 0 Å². The van der Waals surface area contributed by atoms with Gasteiger partial charge < -0.3 is 14.8 Å². The Morgan fingerprint density at radius 1 is 1.50 bits per heavy atom. The van der Waals surface area contributed by atoms with Gasteiger partial charge in [0.25, 0.3) is 0 Å². The van der Waals surface area contributed by atoms with Crippen molar-refractivity contribution >= 4 is 11.9 Å². The van der Waals surface area contributed by atoms with E-state index in [1.54, 1.807) is 0 Å². The maximum atomic E-state index is 11.3. The molecular formula is C11H15NO4. The molecule has 5 nitrogen and oxygen atoms in total. The first-order valence-electron chi connectivity index (χ1n) is 5.06. The van der Waals surface area contributed by atoms with Gasteiger partial charge in [0.2, 0.25) is 5.91 Å². The molecular weight excluding hydrogens is 210 g/mol. The van der Waals surface area contributed by atoms with Crippen molar-refractivity contribution in [2.24, 2.45) is 5.92 Å². The average Bonchev–Trinajstić information content (AvgIpc) is 2.62. The van der Waals surface area contributed by atoms with Crippen molar-refractivity contribution in [3.05, 3.63) is 23.7 Å². The van der Waals surface area contributed by atoms with Crippen LogP contribution in [0, 0.1) is 12.8 Å². The minimum absolute atomic E-state index is 0.378. The molecule has 0 aliphatic rings. The Labute approximate surface area is 93.4 Å². The van der Waals surface area contributed by atoms with E-state index in [1.165, 1.54) is 6.92 Å². The first-order valence-corrected chi connectivity index (χ1v) is 5.06. The summed E-state index contributed by atoms with van der Waals surface area (Å²) in [7, 11) is 0. The minimum Gasteiger partial charge on any atom is -0.481 e. The molecule has 1 unspecified atom stereocenters. The SMILES string of the molecule is Cc1ccc(CCNC(=O)C(C)C(=O)O)o1. The third kappa shape index (κ3) is 3.42. The molecule has 88 valence electrons. The summed E-state index contributed by atoms with van der Waals surface area (Å²) >= 11 is 0. The van der Waals surface area contributed by atoms with Crippen LogP contribution in [0.1, 0.15) is 18.4 Å². The molecule has 1 aromatic rings. The molecule has 1 heterocycles. The van der Waals surface area contributed by atoms with Crippen LogP contribution in [0.25, 0.3) is 0 Å². The highest BCUT2D eigenvalue weighted by Crippen LogP contribution is 2.06. The van der Waals surface area contributed by atoms with Gasteiger partial charge in [-0.15, -0.1) is 0 Å². The van der Waals surface area contributed by atoms with Crippen molar-refractivity contribution in [3.8, 4) is 0 Å². The first kappa shape index (κ1) is 12.3. The van der Waals surface area contributed by atoms with E-state index in [0.29, 0.717) is 13.0 Å². The number of furan rings is 1. The second-order valence-electron chi connectivity index (χ2n) is 3.61. The maximum Gasteiger partial charge on any atom is 0.315 e. The van der Waals surface area contributed by atoms with Gasteiger partial charge in [-0.25, -0.2) is 0 Å². The molecule has 0 aliphatic heterocycles. The molecule has 0 saturated carbocycles. The highest BCUT2D eigenvalue weighted by Gasteiger charge is 2.19. The molecule has 2 N–H and O–H groups in total. The number of carboxylic acid groups (broad SMARTS) is 1. The van der Waals surface area contributed by atoms with E-state index < -0.39 is 17.8 Å². The molecule has 0 aromatic carbocycles. The Hall–Kier alpha value is -1.78. The molecule has 5 heteroatoms. The maximum absolute atomic E-state index is 11.3. The van der Waals surface area contributed by atoms with Gasteiger partial charge in [-0.2, -0.15) is 0 Å². The lowest BCUT2D eigenvalue weighted by atomic mass is 10.1. The number of nitrogens with one attached hydrogen (secondary N) is 1. The predicted octanol–water partition coefficient (Wildman–Crippen LogP) is 0.967. The third-order valence-corrected chi connectivity index (χ3v) is 2.23. The van der Waals surface area contributed by atoms with Crippen molar-refractivity contribution in [1.82, 2.24) is 5.32 Å². The smallest absolute Gasteiger partial charge is 0.315 e. The summed E-state index contributed by atoms with van der Waals surface area (Å²) in [5.41, 5.74) is 0. The molecule has 0 aliphatic carbocycles. The Balaban J connectivity index is 2.30. The van der Waals surface area contributed by atoms with E-state index in [9.17, 15) is 9.59 Å². The van der Waals surface area contributed by atoms with Crippen LogP contribution in [-0.2, 0) is 16.0 Å². The van der Waals surface area contributed by atoms with Crippen LogP contribution < -0.4 is 5.32 Å². The number of carboxylic acids is 1. The van der Waals surface area contributed by atoms with E-state index >= 15 is 0 Å². The van der Waals surface area contributed by atoms with Gasteiger partial charge in [0, 0.05) is 13.0 Å². The summed E-state index contributed by atoms with van der Waals surface area (Å²) in [5, 5.41) is 11.1. The van der Waals surface area contributed by atoms with Crippen molar-refractivity contribution in [2.75, 3.05) is 6.54 Å². The van der Waals surface area contributed by atoms with E-state index in [4.69, 9.17) is 9.52 Å². The number of amides is 1. The summed E-state index contributed by atoms with van der Waals surface area (Å²) in [6.07, 6.45) is 0.561. The van der Waals surface area contributed by atoms with Crippen LogP contribution in [0.4, 0.5) is 0 Å². The monoisotopic (exact) mass is 225 g/mol. The van der Waals surface area contributed by atoms with Gasteiger partial charge in [0.15, 0.2) is 0 Å². The molecule has 1 rings (SSSR count). The van der Waals surface area contributed by atoms with Crippen LogP contribution in [0.5, 0.6) is 0 Å². The van der Waals surface area contributed by atoms with E-state index in [1.807, 2.05) is 19.1 Å².